The fourth-order valence-electron chi connectivity index (χ4n) is 6.59. The molecule has 1 atom stereocenters. The summed E-state index contributed by atoms with van der Waals surface area (Å²) >= 11 is 0. The van der Waals surface area contributed by atoms with Gasteiger partial charge >= 0.3 is 0 Å². The molecule has 0 radical (unpaired) electrons. The minimum absolute atomic E-state index is 0. The Morgan fingerprint density at radius 1 is 0.951 bits per heavy atom. The number of benzene rings is 2. The molecule has 1 aliphatic carbocycles. The highest BCUT2D eigenvalue weighted by molar-refractivity contribution is 6.00. The molecule has 3 fully saturated rings. The maximum absolute atomic E-state index is 13.8. The van der Waals surface area contributed by atoms with E-state index in [0.29, 0.717) is 63.2 Å². The second kappa shape index (κ2) is 13.5. The third-order valence-electron chi connectivity index (χ3n) is 8.97. The summed E-state index contributed by atoms with van der Waals surface area (Å²) in [4.78, 5) is 31.6. The van der Waals surface area contributed by atoms with Crippen LogP contribution in [0.15, 0.2) is 48.5 Å². The van der Waals surface area contributed by atoms with Gasteiger partial charge < -0.3 is 20.1 Å². The number of piperazine rings is 1. The van der Waals surface area contributed by atoms with Crippen LogP contribution in [0.25, 0.3) is 0 Å². The van der Waals surface area contributed by atoms with Gasteiger partial charge in [0.05, 0.1) is 5.60 Å². The van der Waals surface area contributed by atoms with Crippen molar-refractivity contribution in [3.8, 4) is 11.5 Å². The Bertz CT molecular complexity index is 1160. The molecular formula is C32H43ClFN3O4. The average Bonchev–Trinajstić information content (AvgIpc) is 2.95. The van der Waals surface area contributed by atoms with Crippen molar-refractivity contribution in [2.45, 2.75) is 94.9 Å². The van der Waals surface area contributed by atoms with Gasteiger partial charge in [-0.3, -0.25) is 14.5 Å². The molecule has 2 N–H and O–H groups in total. The van der Waals surface area contributed by atoms with E-state index in [4.69, 9.17) is 4.74 Å². The van der Waals surface area contributed by atoms with Crippen molar-refractivity contribution < 1.29 is 23.8 Å². The lowest BCUT2D eigenvalue weighted by Crippen LogP contribution is -2.73. The second-order valence-electron chi connectivity index (χ2n) is 11.9. The van der Waals surface area contributed by atoms with Crippen LogP contribution >= 0.6 is 12.4 Å². The predicted octanol–water partition coefficient (Wildman–Crippen LogP) is 5.59. The Kier molecular flexibility index (Phi) is 10.3. The van der Waals surface area contributed by atoms with Gasteiger partial charge in [-0.15, -0.1) is 12.4 Å². The number of ether oxygens (including phenoxy) is 1. The number of piperidine rings is 1. The minimum Gasteiger partial charge on any atom is -0.457 e. The standard InChI is InChI=1S/C32H42FN3O4.ClH/c1-2-3-19-36-29(37)28(22-31(39)15-5-4-6-16-31)34-30(38)32(36)17-20-35(21-18-32)23-24-7-11-26(12-8-24)40-27-13-9-25(33)10-14-27;/h7-14,28,39H,2-6,15-23H2,1H3,(H,34,38);1H/t28-;/m1./s1. The SMILES string of the molecule is CCCCN1C(=O)[C@@H](CC2(O)CCCCC2)NC(=O)C12CCN(Cc1ccc(Oc3ccc(F)cc3)cc1)CC2.Cl. The van der Waals surface area contributed by atoms with Crippen LogP contribution in [0.1, 0.15) is 76.7 Å². The van der Waals surface area contributed by atoms with Crippen LogP contribution in [0, 0.1) is 5.82 Å². The fourth-order valence-corrected chi connectivity index (χ4v) is 6.59. The number of likely N-dealkylation sites (tertiary alicyclic amines) is 1. The van der Waals surface area contributed by atoms with Crippen molar-refractivity contribution >= 4 is 24.2 Å². The van der Waals surface area contributed by atoms with Crippen molar-refractivity contribution in [2.75, 3.05) is 19.6 Å². The molecular weight excluding hydrogens is 545 g/mol. The molecule has 0 bridgehead atoms. The number of hydrogen-bond donors (Lipinski definition) is 2. The zero-order valence-electron chi connectivity index (χ0n) is 23.9. The van der Waals surface area contributed by atoms with Crippen LogP contribution in [0.5, 0.6) is 11.5 Å². The molecule has 9 heteroatoms. The molecule has 2 aromatic carbocycles. The van der Waals surface area contributed by atoms with Crippen molar-refractivity contribution in [3.05, 3.63) is 59.9 Å². The van der Waals surface area contributed by atoms with Gasteiger partial charge in [0.25, 0.3) is 0 Å². The summed E-state index contributed by atoms with van der Waals surface area (Å²) in [5.74, 6) is 0.877. The van der Waals surface area contributed by atoms with E-state index in [1.807, 2.05) is 29.2 Å². The number of amides is 2. The topological polar surface area (TPSA) is 82.1 Å². The monoisotopic (exact) mass is 587 g/mol. The summed E-state index contributed by atoms with van der Waals surface area (Å²) < 4.78 is 18.9. The molecule has 2 heterocycles. The van der Waals surface area contributed by atoms with Gasteiger partial charge in [-0.05, 0) is 74.1 Å². The van der Waals surface area contributed by atoms with Gasteiger partial charge in [-0.2, -0.15) is 0 Å². The van der Waals surface area contributed by atoms with E-state index in [0.717, 1.165) is 44.2 Å². The largest absolute Gasteiger partial charge is 0.457 e. The molecule has 41 heavy (non-hydrogen) atoms. The van der Waals surface area contributed by atoms with Gasteiger partial charge in [0, 0.05) is 32.6 Å². The highest BCUT2D eigenvalue weighted by atomic mass is 35.5. The van der Waals surface area contributed by atoms with Gasteiger partial charge in [0.15, 0.2) is 0 Å². The molecule has 2 aromatic rings. The van der Waals surface area contributed by atoms with Gasteiger partial charge in [0.2, 0.25) is 11.8 Å². The zero-order valence-corrected chi connectivity index (χ0v) is 24.8. The molecule has 2 saturated heterocycles. The van der Waals surface area contributed by atoms with Crippen LogP contribution in [0.2, 0.25) is 0 Å². The van der Waals surface area contributed by atoms with Gasteiger partial charge in [-0.25, -0.2) is 4.39 Å². The summed E-state index contributed by atoms with van der Waals surface area (Å²) in [6.45, 7) is 4.85. The molecule has 1 saturated carbocycles. The number of hydrogen-bond acceptors (Lipinski definition) is 5. The lowest BCUT2D eigenvalue weighted by atomic mass is 9.77. The van der Waals surface area contributed by atoms with Crippen LogP contribution in [-0.2, 0) is 16.1 Å². The van der Waals surface area contributed by atoms with Crippen LogP contribution in [0.4, 0.5) is 4.39 Å². The van der Waals surface area contributed by atoms with Crippen LogP contribution in [0.3, 0.4) is 0 Å². The molecule has 3 aliphatic rings. The van der Waals surface area contributed by atoms with E-state index in [1.54, 1.807) is 12.1 Å². The number of unbranched alkanes of at least 4 members (excludes halogenated alkanes) is 1. The number of carbonyl (C=O) groups is 2. The summed E-state index contributed by atoms with van der Waals surface area (Å²) in [5, 5.41) is 14.2. The van der Waals surface area contributed by atoms with Crippen LogP contribution < -0.4 is 10.1 Å². The molecule has 0 aromatic heterocycles. The molecule has 224 valence electrons. The molecule has 0 unspecified atom stereocenters. The maximum atomic E-state index is 13.8. The average molecular weight is 588 g/mol. The number of carbonyl (C=O) groups excluding carboxylic acids is 2. The third-order valence-corrected chi connectivity index (χ3v) is 8.97. The third kappa shape index (κ3) is 7.22. The Hall–Kier alpha value is -2.68. The van der Waals surface area contributed by atoms with E-state index in [-0.39, 0.29) is 30.0 Å². The lowest BCUT2D eigenvalue weighted by molar-refractivity contribution is -0.163. The first kappa shape index (κ1) is 31.3. The smallest absolute Gasteiger partial charge is 0.246 e. The maximum Gasteiger partial charge on any atom is 0.246 e. The lowest BCUT2D eigenvalue weighted by Gasteiger charge is -2.52. The van der Waals surface area contributed by atoms with Crippen molar-refractivity contribution in [1.82, 2.24) is 15.1 Å². The molecule has 2 amide bonds. The van der Waals surface area contributed by atoms with Crippen molar-refractivity contribution in [3.63, 3.8) is 0 Å². The van der Waals surface area contributed by atoms with E-state index in [1.165, 1.54) is 12.1 Å². The van der Waals surface area contributed by atoms with Crippen molar-refractivity contribution in [2.24, 2.45) is 0 Å². The molecule has 1 spiro atoms. The number of nitrogens with zero attached hydrogens (tertiary/aromatic N) is 2. The fraction of sp³-hybridized carbons (Fsp3) is 0.562. The highest BCUT2D eigenvalue weighted by Crippen LogP contribution is 2.37. The molecule has 7 nitrogen and oxygen atoms in total. The first-order chi connectivity index (χ1) is 19.3. The quantitative estimate of drug-likeness (QED) is 0.400. The number of halogens is 2. The first-order valence-corrected chi connectivity index (χ1v) is 14.9. The summed E-state index contributed by atoms with van der Waals surface area (Å²) in [6.07, 6.45) is 7.74. The highest BCUT2D eigenvalue weighted by Gasteiger charge is 2.54. The summed E-state index contributed by atoms with van der Waals surface area (Å²) in [5.41, 5.74) is -0.549. The Balaban J connectivity index is 0.00000387. The number of aliphatic hydroxyl groups is 1. The van der Waals surface area contributed by atoms with E-state index < -0.39 is 17.2 Å². The first-order valence-electron chi connectivity index (χ1n) is 14.9. The van der Waals surface area contributed by atoms with Crippen molar-refractivity contribution in [1.29, 1.82) is 0 Å². The predicted molar refractivity (Wildman–Crippen MR) is 159 cm³/mol. The van der Waals surface area contributed by atoms with Gasteiger partial charge in [0.1, 0.15) is 28.9 Å². The number of nitrogens with one attached hydrogen (secondary N) is 1. The minimum atomic E-state index is -0.865. The second-order valence-corrected chi connectivity index (χ2v) is 11.9. The van der Waals surface area contributed by atoms with Crippen LogP contribution in [-0.4, -0.2) is 63.5 Å². The Labute approximate surface area is 248 Å². The normalized spacial score (nSPS) is 22.2. The summed E-state index contributed by atoms with van der Waals surface area (Å²) in [7, 11) is 0. The Morgan fingerprint density at radius 2 is 1.56 bits per heavy atom. The Morgan fingerprint density at radius 3 is 2.17 bits per heavy atom. The molecule has 2 aliphatic heterocycles. The number of rotatable bonds is 9. The van der Waals surface area contributed by atoms with E-state index >= 15 is 0 Å². The zero-order chi connectivity index (χ0) is 28.2. The van der Waals surface area contributed by atoms with Gasteiger partial charge in [-0.1, -0.05) is 44.7 Å². The summed E-state index contributed by atoms with van der Waals surface area (Å²) in [6, 6.07) is 13.2. The van der Waals surface area contributed by atoms with E-state index in [9.17, 15) is 19.1 Å². The molecule has 5 rings (SSSR count). The van der Waals surface area contributed by atoms with E-state index in [2.05, 4.69) is 17.1 Å².